The number of hydrogen-bond donors (Lipinski definition) is 0. The Labute approximate surface area is 138 Å². The number of fused-ring (bicyclic) bond motifs is 1. The summed E-state index contributed by atoms with van der Waals surface area (Å²) in [6.07, 6.45) is 1.89. The molecule has 0 aliphatic rings. The fraction of sp³-hybridized carbons (Fsp3) is 0. The van der Waals surface area contributed by atoms with Gasteiger partial charge in [0.15, 0.2) is 0 Å². The van der Waals surface area contributed by atoms with Crippen molar-refractivity contribution in [2.75, 3.05) is 0 Å². The van der Waals surface area contributed by atoms with Crippen LogP contribution in [0.5, 0.6) is 0 Å². The Morgan fingerprint density at radius 3 is 2.09 bits per heavy atom. The molecule has 2 nitrogen and oxygen atoms in total. The van der Waals surface area contributed by atoms with Gasteiger partial charge in [0.05, 0.1) is 16.1 Å². The third kappa shape index (κ3) is 2.91. The van der Waals surface area contributed by atoms with Crippen LogP contribution < -0.4 is 0 Å². The van der Waals surface area contributed by atoms with Crippen molar-refractivity contribution in [2.45, 2.75) is 0 Å². The molecule has 4 aromatic rings. The first-order valence-electron chi connectivity index (χ1n) is 7.44. The van der Waals surface area contributed by atoms with Gasteiger partial charge in [0.25, 0.3) is 0 Å². The minimum Gasteiger partial charge on any atom is -0.248 e. The Kier molecular flexibility index (Phi) is 3.70. The molecule has 0 radical (unpaired) electrons. The number of benzene rings is 3. The van der Waals surface area contributed by atoms with Gasteiger partial charge >= 0.3 is 0 Å². The Morgan fingerprint density at radius 2 is 1.43 bits per heavy atom. The molecule has 0 fully saturated rings. The average molecular weight is 314 g/mol. The Hall–Kier alpha value is -2.78. The molecule has 3 heteroatoms. The van der Waals surface area contributed by atoms with Gasteiger partial charge in [0.1, 0.15) is 0 Å². The third-order valence-corrected chi connectivity index (χ3v) is 4.44. The standard InChI is InChI=1S/C20H14N2S/c1-3-7-15(8-4-1)20(16-9-5-2-6-10-16)22-18-12-11-17-14-21-23-19(17)13-18/h1-14H. The predicted octanol–water partition coefficient (Wildman–Crippen LogP) is 5.47. The van der Waals surface area contributed by atoms with E-state index in [4.69, 9.17) is 4.99 Å². The molecule has 23 heavy (non-hydrogen) atoms. The van der Waals surface area contributed by atoms with Gasteiger partial charge in [-0.2, -0.15) is 4.37 Å². The Balaban J connectivity index is 1.87. The van der Waals surface area contributed by atoms with Crippen molar-refractivity contribution in [3.63, 3.8) is 0 Å². The maximum absolute atomic E-state index is 4.92. The predicted molar refractivity (Wildman–Crippen MR) is 97.8 cm³/mol. The van der Waals surface area contributed by atoms with Gasteiger partial charge in [-0.15, -0.1) is 0 Å². The lowest BCUT2D eigenvalue weighted by molar-refractivity contribution is 1.49. The highest BCUT2D eigenvalue weighted by molar-refractivity contribution is 7.13. The molecule has 0 atom stereocenters. The summed E-state index contributed by atoms with van der Waals surface area (Å²) in [7, 11) is 0. The highest BCUT2D eigenvalue weighted by Crippen LogP contribution is 2.25. The zero-order valence-electron chi connectivity index (χ0n) is 12.4. The summed E-state index contributed by atoms with van der Waals surface area (Å²) in [5, 5.41) is 1.16. The zero-order valence-corrected chi connectivity index (χ0v) is 13.2. The number of aliphatic imine (C=N–C) groups is 1. The first-order valence-corrected chi connectivity index (χ1v) is 8.21. The summed E-state index contributed by atoms with van der Waals surface area (Å²) in [6.45, 7) is 0. The molecule has 0 bridgehead atoms. The average Bonchev–Trinajstić information content (AvgIpc) is 3.09. The van der Waals surface area contributed by atoms with Crippen LogP contribution in [-0.2, 0) is 0 Å². The molecular formula is C20H14N2S. The monoisotopic (exact) mass is 314 g/mol. The van der Waals surface area contributed by atoms with Crippen LogP contribution >= 0.6 is 11.5 Å². The lowest BCUT2D eigenvalue weighted by Gasteiger charge is -2.07. The molecule has 0 saturated carbocycles. The third-order valence-electron chi connectivity index (χ3n) is 3.68. The second-order valence-electron chi connectivity index (χ2n) is 5.24. The van der Waals surface area contributed by atoms with E-state index < -0.39 is 0 Å². The van der Waals surface area contributed by atoms with Gasteiger partial charge < -0.3 is 0 Å². The molecule has 0 saturated heterocycles. The van der Waals surface area contributed by atoms with Crippen LogP contribution in [0.15, 0.2) is 90.1 Å². The van der Waals surface area contributed by atoms with Gasteiger partial charge in [0, 0.05) is 22.7 Å². The summed E-state index contributed by atoms with van der Waals surface area (Å²) in [6, 6.07) is 26.8. The van der Waals surface area contributed by atoms with E-state index in [1.54, 1.807) is 0 Å². The minimum absolute atomic E-state index is 0.949. The van der Waals surface area contributed by atoms with E-state index in [1.807, 2.05) is 48.7 Å². The van der Waals surface area contributed by atoms with E-state index >= 15 is 0 Å². The summed E-state index contributed by atoms with van der Waals surface area (Å²) in [5.41, 5.74) is 4.16. The SMILES string of the molecule is c1ccc(C(=Nc2ccc3cnsc3c2)c2ccccc2)cc1. The van der Waals surface area contributed by atoms with Gasteiger partial charge in [0.2, 0.25) is 0 Å². The van der Waals surface area contributed by atoms with Crippen LogP contribution in [0.3, 0.4) is 0 Å². The minimum atomic E-state index is 0.949. The molecule has 0 amide bonds. The van der Waals surface area contributed by atoms with Crippen LogP contribution in [0.1, 0.15) is 11.1 Å². The van der Waals surface area contributed by atoms with Gasteiger partial charge in [-0.25, -0.2) is 4.99 Å². The smallest absolute Gasteiger partial charge is 0.0781 e. The van der Waals surface area contributed by atoms with Gasteiger partial charge in [-0.1, -0.05) is 60.7 Å². The maximum atomic E-state index is 4.92. The molecule has 0 aliphatic carbocycles. The van der Waals surface area contributed by atoms with Crippen molar-refractivity contribution >= 4 is 33.0 Å². The molecule has 0 spiro atoms. The lowest BCUT2D eigenvalue weighted by atomic mass is 10.0. The lowest BCUT2D eigenvalue weighted by Crippen LogP contribution is -2.02. The van der Waals surface area contributed by atoms with E-state index in [9.17, 15) is 0 Å². The van der Waals surface area contributed by atoms with E-state index in [0.717, 1.165) is 32.6 Å². The van der Waals surface area contributed by atoms with Gasteiger partial charge in [-0.3, -0.25) is 0 Å². The topological polar surface area (TPSA) is 25.2 Å². The molecule has 3 aromatic carbocycles. The Bertz CT molecular complexity index is 915. The quantitative estimate of drug-likeness (QED) is 0.461. The number of hydrogen-bond acceptors (Lipinski definition) is 3. The molecule has 1 aromatic heterocycles. The second-order valence-corrected chi connectivity index (χ2v) is 6.07. The molecule has 1 heterocycles. The largest absolute Gasteiger partial charge is 0.248 e. The molecule has 0 N–H and O–H groups in total. The van der Waals surface area contributed by atoms with Crippen molar-refractivity contribution in [1.82, 2.24) is 4.37 Å². The van der Waals surface area contributed by atoms with Crippen molar-refractivity contribution in [2.24, 2.45) is 4.99 Å². The van der Waals surface area contributed by atoms with E-state index in [-0.39, 0.29) is 0 Å². The van der Waals surface area contributed by atoms with E-state index in [2.05, 4.69) is 40.8 Å². The molecule has 0 unspecified atom stereocenters. The maximum Gasteiger partial charge on any atom is 0.0781 e. The number of aromatic nitrogens is 1. The highest BCUT2D eigenvalue weighted by atomic mass is 32.1. The normalized spacial score (nSPS) is 10.6. The first-order chi connectivity index (χ1) is 11.4. The summed E-state index contributed by atoms with van der Waals surface area (Å²) in [4.78, 5) is 4.92. The van der Waals surface area contributed by atoms with E-state index in [0.29, 0.717) is 0 Å². The molecular weight excluding hydrogens is 300 g/mol. The van der Waals surface area contributed by atoms with Crippen molar-refractivity contribution < 1.29 is 0 Å². The van der Waals surface area contributed by atoms with Crippen molar-refractivity contribution in [3.05, 3.63) is 96.2 Å². The number of nitrogens with zero attached hydrogens (tertiary/aromatic N) is 2. The van der Waals surface area contributed by atoms with Crippen LogP contribution in [-0.4, -0.2) is 10.1 Å². The summed E-state index contributed by atoms with van der Waals surface area (Å²) < 4.78 is 5.39. The summed E-state index contributed by atoms with van der Waals surface area (Å²) >= 11 is 1.50. The Morgan fingerprint density at radius 1 is 0.783 bits per heavy atom. The first kappa shape index (κ1) is 13.9. The van der Waals surface area contributed by atoms with Crippen molar-refractivity contribution in [3.8, 4) is 0 Å². The van der Waals surface area contributed by atoms with Crippen LogP contribution in [0.2, 0.25) is 0 Å². The second kappa shape index (κ2) is 6.15. The fourth-order valence-electron chi connectivity index (χ4n) is 2.54. The van der Waals surface area contributed by atoms with E-state index in [1.165, 1.54) is 11.5 Å². The van der Waals surface area contributed by atoms with Crippen molar-refractivity contribution in [1.29, 1.82) is 0 Å². The zero-order chi connectivity index (χ0) is 15.5. The number of rotatable bonds is 3. The van der Waals surface area contributed by atoms with Crippen LogP contribution in [0.4, 0.5) is 5.69 Å². The molecule has 0 aliphatic heterocycles. The fourth-order valence-corrected chi connectivity index (χ4v) is 3.21. The van der Waals surface area contributed by atoms with Crippen LogP contribution in [0, 0.1) is 0 Å². The molecule has 4 rings (SSSR count). The molecule has 110 valence electrons. The van der Waals surface area contributed by atoms with Crippen LogP contribution in [0.25, 0.3) is 10.1 Å². The van der Waals surface area contributed by atoms with Gasteiger partial charge in [-0.05, 0) is 29.7 Å². The highest BCUT2D eigenvalue weighted by Gasteiger charge is 2.07. The summed E-state index contributed by atoms with van der Waals surface area (Å²) in [5.74, 6) is 0.